The second-order valence-corrected chi connectivity index (χ2v) is 7.01. The summed E-state index contributed by atoms with van der Waals surface area (Å²) in [6.07, 6.45) is 6.50. The van der Waals surface area contributed by atoms with Crippen LogP contribution < -0.4 is 0 Å². The maximum absolute atomic E-state index is 6.25. The molecule has 3 atom stereocenters. The van der Waals surface area contributed by atoms with E-state index in [2.05, 4.69) is 15.1 Å². The second kappa shape index (κ2) is 5.46. The predicted molar refractivity (Wildman–Crippen MR) is 80.6 cm³/mol. The first-order valence-electron chi connectivity index (χ1n) is 8.58. The molecular weight excluding hydrogens is 294 g/mol. The largest absolute Gasteiger partial charge is 0.468 e. The first-order chi connectivity index (χ1) is 11.3. The molecule has 0 spiro atoms. The van der Waals surface area contributed by atoms with Crippen molar-refractivity contribution in [2.24, 2.45) is 5.92 Å². The topological polar surface area (TPSA) is 64.5 Å². The van der Waals surface area contributed by atoms with Crippen LogP contribution in [0.4, 0.5) is 0 Å². The molecule has 2 aromatic rings. The highest BCUT2D eigenvalue weighted by Gasteiger charge is 2.42. The Morgan fingerprint density at radius 3 is 2.91 bits per heavy atom. The van der Waals surface area contributed by atoms with Crippen LogP contribution in [0.1, 0.15) is 55.2 Å². The second-order valence-electron chi connectivity index (χ2n) is 7.01. The molecule has 0 aromatic carbocycles. The highest BCUT2D eigenvalue weighted by atomic mass is 16.5. The third-order valence-corrected chi connectivity index (χ3v) is 5.25. The highest BCUT2D eigenvalue weighted by molar-refractivity contribution is 5.03. The molecule has 4 heterocycles. The van der Waals surface area contributed by atoms with Gasteiger partial charge in [-0.25, -0.2) is 0 Å². The first-order valence-corrected chi connectivity index (χ1v) is 8.58. The third kappa shape index (κ3) is 2.70. The molecule has 0 bridgehead atoms. The predicted octanol–water partition coefficient (Wildman–Crippen LogP) is 2.89. The molecule has 3 fully saturated rings. The summed E-state index contributed by atoms with van der Waals surface area (Å²) in [4.78, 5) is 2.41. The zero-order valence-electron chi connectivity index (χ0n) is 13.1. The number of likely N-dealkylation sites (tertiary alicyclic amines) is 1. The summed E-state index contributed by atoms with van der Waals surface area (Å²) < 4.78 is 17.5. The summed E-state index contributed by atoms with van der Waals surface area (Å²) in [5.74, 6) is 3.61. The van der Waals surface area contributed by atoms with Gasteiger partial charge in [0.25, 0.3) is 0 Å². The van der Waals surface area contributed by atoms with Crippen LogP contribution in [0, 0.1) is 5.92 Å². The van der Waals surface area contributed by atoms with Gasteiger partial charge in [-0.1, -0.05) is 0 Å². The Labute approximate surface area is 134 Å². The Morgan fingerprint density at radius 1 is 1.17 bits per heavy atom. The van der Waals surface area contributed by atoms with Crippen molar-refractivity contribution in [3.8, 4) is 0 Å². The third-order valence-electron chi connectivity index (χ3n) is 5.25. The molecule has 1 aliphatic carbocycles. The van der Waals surface area contributed by atoms with Crippen molar-refractivity contribution in [3.63, 3.8) is 0 Å². The Morgan fingerprint density at radius 2 is 2.09 bits per heavy atom. The van der Waals surface area contributed by atoms with Gasteiger partial charge in [-0.05, 0) is 50.3 Å². The first kappa shape index (κ1) is 13.7. The van der Waals surface area contributed by atoms with Crippen molar-refractivity contribution in [2.75, 3.05) is 13.1 Å². The fourth-order valence-electron chi connectivity index (χ4n) is 3.79. The number of ether oxygens (including phenoxy) is 1. The number of fused-ring (bicyclic) bond motifs is 1. The monoisotopic (exact) mass is 315 g/mol. The molecule has 6 heteroatoms. The van der Waals surface area contributed by atoms with Crippen molar-refractivity contribution < 1.29 is 13.6 Å². The van der Waals surface area contributed by atoms with Crippen LogP contribution in [0.15, 0.2) is 27.2 Å². The van der Waals surface area contributed by atoms with Gasteiger partial charge in [0.15, 0.2) is 0 Å². The normalized spacial score (nSPS) is 31.4. The van der Waals surface area contributed by atoms with Gasteiger partial charge in [0, 0.05) is 12.5 Å². The van der Waals surface area contributed by atoms with Crippen LogP contribution >= 0.6 is 0 Å². The average molecular weight is 315 g/mol. The summed E-state index contributed by atoms with van der Waals surface area (Å²) in [5, 5.41) is 8.41. The van der Waals surface area contributed by atoms with Crippen LogP contribution in [0.5, 0.6) is 0 Å². The minimum absolute atomic E-state index is 0.0198. The van der Waals surface area contributed by atoms with Crippen molar-refractivity contribution in [2.45, 2.75) is 50.4 Å². The van der Waals surface area contributed by atoms with Crippen LogP contribution in [-0.2, 0) is 11.3 Å². The Bertz CT molecular complexity index is 664. The molecule has 2 saturated heterocycles. The molecule has 0 unspecified atom stereocenters. The molecule has 0 N–H and O–H groups in total. The van der Waals surface area contributed by atoms with E-state index in [-0.39, 0.29) is 12.2 Å². The molecule has 122 valence electrons. The number of aromatic nitrogens is 2. The van der Waals surface area contributed by atoms with Crippen molar-refractivity contribution in [3.05, 3.63) is 35.9 Å². The lowest BCUT2D eigenvalue weighted by atomic mass is 9.92. The van der Waals surface area contributed by atoms with Crippen LogP contribution in [-0.4, -0.2) is 34.3 Å². The van der Waals surface area contributed by atoms with E-state index in [0.29, 0.717) is 17.7 Å². The smallest absolute Gasteiger partial charge is 0.245 e. The van der Waals surface area contributed by atoms with Crippen LogP contribution in [0.25, 0.3) is 0 Å². The van der Waals surface area contributed by atoms with Gasteiger partial charge < -0.3 is 13.6 Å². The molecule has 2 aliphatic heterocycles. The summed E-state index contributed by atoms with van der Waals surface area (Å²) in [7, 11) is 0. The summed E-state index contributed by atoms with van der Waals surface area (Å²) in [5.41, 5.74) is 0. The molecule has 6 nitrogen and oxygen atoms in total. The zero-order valence-corrected chi connectivity index (χ0v) is 13.1. The van der Waals surface area contributed by atoms with E-state index in [1.54, 1.807) is 6.26 Å². The van der Waals surface area contributed by atoms with E-state index in [9.17, 15) is 0 Å². The maximum atomic E-state index is 6.25. The fourth-order valence-corrected chi connectivity index (χ4v) is 3.79. The summed E-state index contributed by atoms with van der Waals surface area (Å²) >= 11 is 0. The Hall–Kier alpha value is -1.66. The quantitative estimate of drug-likeness (QED) is 0.864. The van der Waals surface area contributed by atoms with Crippen molar-refractivity contribution in [1.82, 2.24) is 15.1 Å². The van der Waals surface area contributed by atoms with Crippen LogP contribution in [0.3, 0.4) is 0 Å². The molecule has 0 radical (unpaired) electrons. The Kier molecular flexibility index (Phi) is 3.26. The van der Waals surface area contributed by atoms with Gasteiger partial charge >= 0.3 is 0 Å². The van der Waals surface area contributed by atoms with E-state index >= 15 is 0 Å². The minimum atomic E-state index is -0.0198. The van der Waals surface area contributed by atoms with Crippen molar-refractivity contribution >= 4 is 0 Å². The molecule has 1 saturated carbocycles. The SMILES string of the molecule is c1coc(CN2CC[C@@H]3C[C@@H](c4nnc(C5CC5)o4)O[C@H]3C2)c1. The number of nitrogens with zero attached hydrogens (tertiary/aromatic N) is 3. The van der Waals surface area contributed by atoms with Gasteiger partial charge in [-0.2, -0.15) is 0 Å². The lowest BCUT2D eigenvalue weighted by molar-refractivity contribution is -0.0189. The number of furan rings is 1. The van der Waals surface area contributed by atoms with Gasteiger partial charge in [-0.15, -0.1) is 10.2 Å². The van der Waals surface area contributed by atoms with Gasteiger partial charge in [-0.3, -0.25) is 4.90 Å². The molecule has 5 rings (SSSR count). The maximum Gasteiger partial charge on any atom is 0.245 e. The fraction of sp³-hybridized carbons (Fsp3) is 0.647. The lowest BCUT2D eigenvalue weighted by Gasteiger charge is -2.33. The van der Waals surface area contributed by atoms with E-state index in [1.807, 2.05) is 12.1 Å². The standard InChI is InChI=1S/C17H21N3O3/c1-2-13(21-7-1)9-20-6-5-12-8-14(22-15(12)10-20)17-19-18-16(23-17)11-3-4-11/h1-2,7,11-12,14-15H,3-6,8-10H2/t12-,14+,15+/m1/s1. The number of rotatable bonds is 4. The molecule has 0 amide bonds. The van der Waals surface area contributed by atoms with Crippen molar-refractivity contribution in [1.29, 1.82) is 0 Å². The summed E-state index contributed by atoms with van der Waals surface area (Å²) in [6, 6.07) is 3.97. The number of hydrogen-bond acceptors (Lipinski definition) is 6. The van der Waals surface area contributed by atoms with E-state index in [1.165, 1.54) is 12.8 Å². The number of piperidine rings is 1. The summed E-state index contributed by atoms with van der Waals surface area (Å²) in [6.45, 7) is 2.90. The highest BCUT2D eigenvalue weighted by Crippen LogP contribution is 2.43. The zero-order chi connectivity index (χ0) is 15.2. The molecular formula is C17H21N3O3. The van der Waals surface area contributed by atoms with E-state index in [0.717, 1.165) is 44.1 Å². The molecule has 2 aromatic heterocycles. The van der Waals surface area contributed by atoms with E-state index < -0.39 is 0 Å². The average Bonchev–Trinajstić information content (AvgIpc) is 2.99. The lowest BCUT2D eigenvalue weighted by Crippen LogP contribution is -2.41. The minimum Gasteiger partial charge on any atom is -0.468 e. The number of hydrogen-bond donors (Lipinski definition) is 0. The van der Waals surface area contributed by atoms with Gasteiger partial charge in [0.1, 0.15) is 11.9 Å². The Balaban J connectivity index is 1.23. The molecule has 23 heavy (non-hydrogen) atoms. The van der Waals surface area contributed by atoms with Gasteiger partial charge in [0.05, 0.1) is 18.9 Å². The molecule has 3 aliphatic rings. The van der Waals surface area contributed by atoms with Crippen LogP contribution in [0.2, 0.25) is 0 Å². The van der Waals surface area contributed by atoms with E-state index in [4.69, 9.17) is 13.6 Å². The van der Waals surface area contributed by atoms with Gasteiger partial charge in [0.2, 0.25) is 11.8 Å².